The largest absolute Gasteiger partial charge is 0.447 e. The summed E-state index contributed by atoms with van der Waals surface area (Å²) in [5.74, 6) is 0. The maximum Gasteiger partial charge on any atom is 0.308 e. The standard InChI is InChI=1S/CH6BOP/c1-2(3)4/h3H,4H2,1H3. The van der Waals surface area contributed by atoms with Crippen LogP contribution in [-0.4, -0.2) is 11.7 Å². The molecule has 0 saturated carbocycles. The fourth-order valence-corrected chi connectivity index (χ4v) is 0. The topological polar surface area (TPSA) is 20.2 Å². The van der Waals surface area contributed by atoms with Gasteiger partial charge in [-0.05, 0) is 0 Å². The Morgan fingerprint density at radius 1 is 2.00 bits per heavy atom. The molecule has 0 aromatic carbocycles. The van der Waals surface area contributed by atoms with E-state index in [0.29, 0.717) is 0 Å². The SMILES string of the molecule is CB(O)P. The third-order valence-electron chi connectivity index (χ3n) is 0. The van der Waals surface area contributed by atoms with Gasteiger partial charge in [-0.2, -0.15) is 0 Å². The van der Waals surface area contributed by atoms with E-state index in [9.17, 15) is 0 Å². The molecule has 24 valence electrons. The summed E-state index contributed by atoms with van der Waals surface area (Å²) in [6.45, 7) is 1.44. The summed E-state index contributed by atoms with van der Waals surface area (Å²) in [6, 6.07) is 0. The highest BCUT2D eigenvalue weighted by molar-refractivity contribution is 7.59. The first-order valence-corrected chi connectivity index (χ1v) is 1.84. The molecule has 0 spiro atoms. The number of hydrogen-bond acceptors (Lipinski definition) is 1. The lowest BCUT2D eigenvalue weighted by Crippen LogP contribution is -1.86. The highest BCUT2D eigenvalue weighted by Gasteiger charge is 1.81. The van der Waals surface area contributed by atoms with Crippen molar-refractivity contribution >= 4 is 15.8 Å². The first-order valence-electron chi connectivity index (χ1n) is 1.17. The Morgan fingerprint density at radius 2 is 2.00 bits per heavy atom. The lowest BCUT2D eigenvalue weighted by Gasteiger charge is -1.72. The molecular formula is CH6BOP. The summed E-state index contributed by atoms with van der Waals surface area (Å²) in [7, 11) is 2.21. The van der Waals surface area contributed by atoms with Crippen LogP contribution >= 0.6 is 9.12 Å². The molecule has 0 aliphatic carbocycles. The first-order chi connectivity index (χ1) is 1.73. The summed E-state index contributed by atoms with van der Waals surface area (Å²) < 4.78 is 0. The minimum Gasteiger partial charge on any atom is -0.447 e. The Balaban J connectivity index is 2.32. The fourth-order valence-electron chi connectivity index (χ4n) is 0. The molecule has 0 amide bonds. The van der Waals surface area contributed by atoms with Crippen molar-refractivity contribution in [2.45, 2.75) is 6.82 Å². The third kappa shape index (κ3) is 25.1. The van der Waals surface area contributed by atoms with E-state index in [4.69, 9.17) is 5.02 Å². The molecule has 1 nitrogen and oxygen atoms in total. The zero-order valence-corrected chi connectivity index (χ0v) is 3.76. The second-order valence-electron chi connectivity index (χ2n) is 0.741. The Labute approximate surface area is 28.7 Å². The van der Waals surface area contributed by atoms with Crippen molar-refractivity contribution in [2.24, 2.45) is 0 Å². The minimum absolute atomic E-state index is 0.250. The Kier molecular flexibility index (Phi) is 1.94. The highest BCUT2D eigenvalue weighted by Crippen LogP contribution is 1.80. The van der Waals surface area contributed by atoms with Gasteiger partial charge in [0.1, 0.15) is 0 Å². The van der Waals surface area contributed by atoms with Crippen LogP contribution in [0.2, 0.25) is 6.82 Å². The predicted octanol–water partition coefficient (Wildman–Crippen LogP) is -0.0282. The van der Waals surface area contributed by atoms with E-state index < -0.39 is 0 Å². The molecule has 0 heterocycles. The van der Waals surface area contributed by atoms with Gasteiger partial charge in [0.15, 0.2) is 0 Å². The maximum absolute atomic E-state index is 8.02. The summed E-state index contributed by atoms with van der Waals surface area (Å²) in [6.07, 6.45) is 0. The van der Waals surface area contributed by atoms with Crippen LogP contribution in [0.1, 0.15) is 0 Å². The van der Waals surface area contributed by atoms with Crippen molar-refractivity contribution in [2.75, 3.05) is 0 Å². The number of hydrogen-bond donors (Lipinski definition) is 1. The second kappa shape index (κ2) is 1.74. The molecule has 3 heteroatoms. The zero-order valence-electron chi connectivity index (χ0n) is 2.60. The molecule has 0 aromatic heterocycles. The molecule has 0 aromatic rings. The van der Waals surface area contributed by atoms with Crippen LogP contribution in [-0.2, 0) is 0 Å². The zero-order chi connectivity index (χ0) is 3.58. The van der Waals surface area contributed by atoms with Crippen LogP contribution in [0.25, 0.3) is 0 Å². The van der Waals surface area contributed by atoms with E-state index in [2.05, 4.69) is 9.12 Å². The van der Waals surface area contributed by atoms with Crippen molar-refractivity contribution in [3.63, 3.8) is 0 Å². The van der Waals surface area contributed by atoms with Crippen molar-refractivity contribution in [1.82, 2.24) is 0 Å². The lowest BCUT2D eigenvalue weighted by molar-refractivity contribution is 0.603. The average molecular weight is 75.8 g/mol. The van der Waals surface area contributed by atoms with E-state index in [1.54, 1.807) is 6.82 Å². The van der Waals surface area contributed by atoms with Gasteiger partial charge in [-0.15, -0.1) is 9.12 Å². The van der Waals surface area contributed by atoms with Crippen LogP contribution < -0.4 is 0 Å². The highest BCUT2D eigenvalue weighted by atomic mass is 31.0. The van der Waals surface area contributed by atoms with Crippen LogP contribution in [0, 0.1) is 0 Å². The van der Waals surface area contributed by atoms with E-state index in [0.717, 1.165) is 0 Å². The molecule has 0 fully saturated rings. The van der Waals surface area contributed by atoms with Gasteiger partial charge in [-0.3, -0.25) is 0 Å². The third-order valence-corrected chi connectivity index (χ3v) is 0. The molecule has 1 N–H and O–H groups in total. The average Bonchev–Trinajstić information content (AvgIpc) is 0.811. The van der Waals surface area contributed by atoms with E-state index in [-0.39, 0.29) is 6.64 Å². The van der Waals surface area contributed by atoms with Crippen molar-refractivity contribution in [1.29, 1.82) is 0 Å². The van der Waals surface area contributed by atoms with Gasteiger partial charge in [-0.1, -0.05) is 6.82 Å². The monoisotopic (exact) mass is 76.0 g/mol. The number of rotatable bonds is 0. The Bertz CT molecular complexity index is 12.8. The predicted molar refractivity (Wildman–Crippen MR) is 23.5 cm³/mol. The first kappa shape index (κ1) is 4.45. The van der Waals surface area contributed by atoms with Crippen molar-refractivity contribution < 1.29 is 5.02 Å². The van der Waals surface area contributed by atoms with Crippen LogP contribution in [0.15, 0.2) is 0 Å². The molecule has 0 saturated heterocycles. The molecule has 1 unspecified atom stereocenters. The minimum atomic E-state index is -0.250. The van der Waals surface area contributed by atoms with Gasteiger partial charge in [0.05, 0.1) is 0 Å². The molecule has 0 aliphatic rings. The van der Waals surface area contributed by atoms with Gasteiger partial charge in [-0.25, -0.2) is 0 Å². The van der Waals surface area contributed by atoms with Gasteiger partial charge in [0.2, 0.25) is 0 Å². The van der Waals surface area contributed by atoms with Crippen LogP contribution in [0.4, 0.5) is 0 Å². The van der Waals surface area contributed by atoms with Crippen molar-refractivity contribution in [3.8, 4) is 0 Å². The molecule has 0 bridgehead atoms. The molecule has 0 radical (unpaired) electrons. The van der Waals surface area contributed by atoms with Gasteiger partial charge >= 0.3 is 6.64 Å². The molecule has 4 heavy (non-hydrogen) atoms. The Hall–Kier alpha value is 0.455. The van der Waals surface area contributed by atoms with Gasteiger partial charge in [0, 0.05) is 0 Å². The summed E-state index contributed by atoms with van der Waals surface area (Å²) in [5, 5.41) is 8.02. The molecule has 0 aliphatic heterocycles. The van der Waals surface area contributed by atoms with Gasteiger partial charge < -0.3 is 5.02 Å². The summed E-state index contributed by atoms with van der Waals surface area (Å²) >= 11 is 0. The van der Waals surface area contributed by atoms with Crippen LogP contribution in [0.5, 0.6) is 0 Å². The molecular weight excluding hydrogens is 69.8 g/mol. The fraction of sp³-hybridized carbons (Fsp3) is 1.00. The summed E-state index contributed by atoms with van der Waals surface area (Å²) in [5.41, 5.74) is 0. The van der Waals surface area contributed by atoms with E-state index in [1.807, 2.05) is 0 Å². The smallest absolute Gasteiger partial charge is 0.308 e. The van der Waals surface area contributed by atoms with Gasteiger partial charge in [0.25, 0.3) is 0 Å². The molecule has 0 rings (SSSR count). The quantitative estimate of drug-likeness (QED) is 0.317. The van der Waals surface area contributed by atoms with Crippen molar-refractivity contribution in [3.05, 3.63) is 0 Å². The van der Waals surface area contributed by atoms with Crippen LogP contribution in [0.3, 0.4) is 0 Å². The normalized spacial score (nSPS) is 6.75. The summed E-state index contributed by atoms with van der Waals surface area (Å²) in [4.78, 5) is 0. The van der Waals surface area contributed by atoms with E-state index in [1.165, 1.54) is 0 Å². The second-order valence-corrected chi connectivity index (χ2v) is 1.71. The maximum atomic E-state index is 8.02. The van der Waals surface area contributed by atoms with E-state index >= 15 is 0 Å². The Morgan fingerprint density at radius 3 is 2.00 bits per heavy atom. The molecule has 1 atom stereocenters. The lowest BCUT2D eigenvalue weighted by atomic mass is 10.1.